The highest BCUT2D eigenvalue weighted by atomic mass is 15.2. The van der Waals surface area contributed by atoms with E-state index in [1.807, 2.05) is 0 Å². The van der Waals surface area contributed by atoms with Crippen LogP contribution in [0.2, 0.25) is 0 Å². The minimum atomic E-state index is 0.361. The standard InChI is InChI=1S/C15H26N4/c1-4-7-12-8-5-6-9-19(12)15-13(11(2)3)14(16)17-10-18-15/h10-12H,4-9H2,1-3H3,(H2,16,17,18). The molecule has 1 aliphatic heterocycles. The van der Waals surface area contributed by atoms with Crippen LogP contribution in [0.1, 0.15) is 64.4 Å². The van der Waals surface area contributed by atoms with Crippen LogP contribution >= 0.6 is 0 Å². The summed E-state index contributed by atoms with van der Waals surface area (Å²) in [6.07, 6.45) is 7.92. The predicted molar refractivity (Wildman–Crippen MR) is 80.4 cm³/mol. The van der Waals surface area contributed by atoms with E-state index in [2.05, 4.69) is 35.6 Å². The van der Waals surface area contributed by atoms with Gasteiger partial charge in [0, 0.05) is 18.2 Å². The number of nitrogen functional groups attached to an aromatic ring is 1. The Morgan fingerprint density at radius 3 is 2.84 bits per heavy atom. The van der Waals surface area contributed by atoms with Gasteiger partial charge in [0.15, 0.2) is 0 Å². The van der Waals surface area contributed by atoms with Crippen LogP contribution in [0.25, 0.3) is 0 Å². The lowest BCUT2D eigenvalue weighted by atomic mass is 9.96. The maximum Gasteiger partial charge on any atom is 0.137 e. The van der Waals surface area contributed by atoms with Crippen molar-refractivity contribution in [3.8, 4) is 0 Å². The van der Waals surface area contributed by atoms with Crippen LogP contribution < -0.4 is 10.6 Å². The lowest BCUT2D eigenvalue weighted by molar-refractivity contribution is 0.430. The number of nitrogens with two attached hydrogens (primary N) is 1. The maximum atomic E-state index is 6.07. The quantitative estimate of drug-likeness (QED) is 0.904. The predicted octanol–water partition coefficient (Wildman–Crippen LogP) is 3.34. The Morgan fingerprint density at radius 2 is 2.16 bits per heavy atom. The van der Waals surface area contributed by atoms with Crippen LogP contribution in [0.5, 0.6) is 0 Å². The molecule has 1 aliphatic rings. The van der Waals surface area contributed by atoms with Crippen molar-refractivity contribution in [2.75, 3.05) is 17.2 Å². The zero-order chi connectivity index (χ0) is 13.8. The van der Waals surface area contributed by atoms with Gasteiger partial charge >= 0.3 is 0 Å². The molecule has 106 valence electrons. The van der Waals surface area contributed by atoms with Crippen LogP contribution in [0.3, 0.4) is 0 Å². The number of hydrogen-bond acceptors (Lipinski definition) is 4. The molecular formula is C15H26N4. The first kappa shape index (κ1) is 14.1. The summed E-state index contributed by atoms with van der Waals surface area (Å²) in [5.41, 5.74) is 7.19. The number of nitrogens with zero attached hydrogens (tertiary/aromatic N) is 3. The van der Waals surface area contributed by atoms with Gasteiger partial charge in [0.1, 0.15) is 18.0 Å². The molecule has 0 saturated carbocycles. The summed E-state index contributed by atoms with van der Waals surface area (Å²) in [4.78, 5) is 11.2. The summed E-state index contributed by atoms with van der Waals surface area (Å²) < 4.78 is 0. The third-order valence-corrected chi connectivity index (χ3v) is 3.99. The van der Waals surface area contributed by atoms with E-state index in [-0.39, 0.29) is 0 Å². The van der Waals surface area contributed by atoms with E-state index in [0.29, 0.717) is 17.8 Å². The van der Waals surface area contributed by atoms with E-state index in [1.165, 1.54) is 32.1 Å². The average Bonchev–Trinajstić information content (AvgIpc) is 2.39. The molecule has 1 aromatic heterocycles. The Kier molecular flexibility index (Phi) is 4.61. The summed E-state index contributed by atoms with van der Waals surface area (Å²) in [6, 6.07) is 0.616. The zero-order valence-electron chi connectivity index (χ0n) is 12.4. The lowest BCUT2D eigenvalue weighted by Gasteiger charge is -2.38. The molecule has 4 nitrogen and oxygen atoms in total. The second kappa shape index (κ2) is 6.22. The molecule has 1 unspecified atom stereocenters. The Labute approximate surface area is 116 Å². The molecule has 19 heavy (non-hydrogen) atoms. The topological polar surface area (TPSA) is 55.0 Å². The number of aromatic nitrogens is 2. The smallest absolute Gasteiger partial charge is 0.137 e. The second-order valence-corrected chi connectivity index (χ2v) is 5.78. The minimum Gasteiger partial charge on any atom is -0.383 e. The first-order chi connectivity index (χ1) is 9.15. The van der Waals surface area contributed by atoms with Crippen molar-refractivity contribution in [3.05, 3.63) is 11.9 Å². The van der Waals surface area contributed by atoms with Gasteiger partial charge in [-0.15, -0.1) is 0 Å². The van der Waals surface area contributed by atoms with Crippen molar-refractivity contribution in [1.82, 2.24) is 9.97 Å². The summed E-state index contributed by atoms with van der Waals surface area (Å²) in [5, 5.41) is 0. The molecule has 2 heterocycles. The summed E-state index contributed by atoms with van der Waals surface area (Å²) in [6.45, 7) is 7.68. The first-order valence-electron chi connectivity index (χ1n) is 7.52. The van der Waals surface area contributed by atoms with E-state index in [1.54, 1.807) is 6.33 Å². The highest BCUT2D eigenvalue weighted by Gasteiger charge is 2.26. The van der Waals surface area contributed by atoms with Crippen LogP contribution in [0.15, 0.2) is 6.33 Å². The van der Waals surface area contributed by atoms with E-state index >= 15 is 0 Å². The Balaban J connectivity index is 2.35. The van der Waals surface area contributed by atoms with E-state index in [9.17, 15) is 0 Å². The largest absolute Gasteiger partial charge is 0.383 e. The van der Waals surface area contributed by atoms with Gasteiger partial charge in [-0.05, 0) is 31.6 Å². The van der Waals surface area contributed by atoms with Gasteiger partial charge in [-0.3, -0.25) is 0 Å². The fourth-order valence-electron chi connectivity index (χ4n) is 3.09. The number of rotatable bonds is 4. The van der Waals surface area contributed by atoms with Crippen LogP contribution in [-0.2, 0) is 0 Å². The summed E-state index contributed by atoms with van der Waals surface area (Å²) in [5.74, 6) is 2.07. The zero-order valence-corrected chi connectivity index (χ0v) is 12.4. The molecule has 0 radical (unpaired) electrons. The van der Waals surface area contributed by atoms with Gasteiger partial charge < -0.3 is 10.6 Å². The van der Waals surface area contributed by atoms with Crippen molar-refractivity contribution in [1.29, 1.82) is 0 Å². The third kappa shape index (κ3) is 2.99. The summed E-state index contributed by atoms with van der Waals surface area (Å²) in [7, 11) is 0. The first-order valence-corrected chi connectivity index (χ1v) is 7.52. The second-order valence-electron chi connectivity index (χ2n) is 5.78. The number of anilines is 2. The minimum absolute atomic E-state index is 0.361. The van der Waals surface area contributed by atoms with Crippen LogP contribution in [-0.4, -0.2) is 22.6 Å². The molecule has 1 aromatic rings. The molecule has 1 atom stereocenters. The summed E-state index contributed by atoms with van der Waals surface area (Å²) >= 11 is 0. The molecule has 0 amide bonds. The van der Waals surface area contributed by atoms with Crippen molar-refractivity contribution >= 4 is 11.6 Å². The molecule has 0 aliphatic carbocycles. The monoisotopic (exact) mass is 262 g/mol. The molecule has 2 rings (SSSR count). The number of hydrogen-bond donors (Lipinski definition) is 1. The van der Waals surface area contributed by atoms with Crippen LogP contribution in [0, 0.1) is 0 Å². The Morgan fingerprint density at radius 1 is 1.37 bits per heavy atom. The van der Waals surface area contributed by atoms with Gasteiger partial charge in [-0.2, -0.15) is 0 Å². The van der Waals surface area contributed by atoms with Gasteiger partial charge in [0.2, 0.25) is 0 Å². The van der Waals surface area contributed by atoms with E-state index < -0.39 is 0 Å². The molecule has 1 saturated heterocycles. The normalized spacial score (nSPS) is 20.0. The Bertz CT molecular complexity index is 415. The fourth-order valence-corrected chi connectivity index (χ4v) is 3.09. The van der Waals surface area contributed by atoms with Crippen molar-refractivity contribution in [2.45, 2.75) is 64.8 Å². The SMILES string of the molecule is CCCC1CCCCN1c1ncnc(N)c1C(C)C. The number of piperidine rings is 1. The van der Waals surface area contributed by atoms with Crippen molar-refractivity contribution in [2.24, 2.45) is 0 Å². The van der Waals surface area contributed by atoms with Crippen LogP contribution in [0.4, 0.5) is 11.6 Å². The average molecular weight is 262 g/mol. The van der Waals surface area contributed by atoms with Crippen molar-refractivity contribution in [3.63, 3.8) is 0 Å². The molecular weight excluding hydrogens is 236 g/mol. The van der Waals surface area contributed by atoms with E-state index in [4.69, 9.17) is 5.73 Å². The molecule has 0 aromatic carbocycles. The third-order valence-electron chi connectivity index (χ3n) is 3.99. The Hall–Kier alpha value is -1.32. The van der Waals surface area contributed by atoms with E-state index in [0.717, 1.165) is 17.9 Å². The van der Waals surface area contributed by atoms with Gasteiger partial charge in [0.25, 0.3) is 0 Å². The van der Waals surface area contributed by atoms with Gasteiger partial charge in [-0.25, -0.2) is 9.97 Å². The molecule has 2 N–H and O–H groups in total. The van der Waals surface area contributed by atoms with Gasteiger partial charge in [-0.1, -0.05) is 27.2 Å². The highest BCUT2D eigenvalue weighted by Crippen LogP contribution is 2.33. The molecule has 4 heteroatoms. The lowest BCUT2D eigenvalue weighted by Crippen LogP contribution is -2.40. The fraction of sp³-hybridized carbons (Fsp3) is 0.733. The maximum absolute atomic E-state index is 6.07. The molecule has 0 spiro atoms. The van der Waals surface area contributed by atoms with Gasteiger partial charge in [0.05, 0.1) is 0 Å². The molecule has 0 bridgehead atoms. The van der Waals surface area contributed by atoms with Crippen molar-refractivity contribution < 1.29 is 0 Å². The highest BCUT2D eigenvalue weighted by molar-refractivity contribution is 5.58. The molecule has 1 fully saturated rings.